The van der Waals surface area contributed by atoms with Crippen LogP contribution in [0, 0.1) is 0 Å². The van der Waals surface area contributed by atoms with Gasteiger partial charge < -0.3 is 10.4 Å². The van der Waals surface area contributed by atoms with E-state index in [1.165, 1.54) is 13.3 Å². The second-order valence-electron chi connectivity index (χ2n) is 4.79. The Balaban J connectivity index is 2.05. The molecule has 2 N–H and O–H groups in total. The van der Waals surface area contributed by atoms with Gasteiger partial charge in [-0.3, -0.25) is 4.79 Å². The van der Waals surface area contributed by atoms with Gasteiger partial charge in [-0.2, -0.15) is 11.8 Å². The lowest BCUT2D eigenvalue weighted by atomic mass is 10.2. The number of carboxylic acid groups (broad SMARTS) is 1. The topological polar surface area (TPSA) is 79.3 Å². The molecule has 20 heavy (non-hydrogen) atoms. The minimum Gasteiger partial charge on any atom is -0.476 e. The summed E-state index contributed by atoms with van der Waals surface area (Å²) < 4.78 is 0. The average molecular weight is 314 g/mol. The summed E-state index contributed by atoms with van der Waals surface area (Å²) in [5.41, 5.74) is -0.137. The van der Waals surface area contributed by atoms with Gasteiger partial charge in [-0.05, 0) is 25.0 Å². The average Bonchev–Trinajstić information content (AvgIpc) is 2.97. The second kappa shape index (κ2) is 6.58. The number of thiazole rings is 1. The molecular weight excluding hydrogens is 296 g/mol. The number of aromatic nitrogens is 1. The van der Waals surface area contributed by atoms with E-state index in [1.54, 1.807) is 0 Å². The molecule has 1 heterocycles. The van der Waals surface area contributed by atoms with E-state index in [-0.39, 0.29) is 16.4 Å². The molecule has 1 aliphatic rings. The Morgan fingerprint density at radius 3 is 2.80 bits per heavy atom. The zero-order valence-electron chi connectivity index (χ0n) is 11.5. The number of ketones is 1. The van der Waals surface area contributed by atoms with Gasteiger partial charge in [0.2, 0.25) is 0 Å². The Hall–Kier alpha value is -1.08. The van der Waals surface area contributed by atoms with E-state index >= 15 is 0 Å². The third-order valence-corrected chi connectivity index (χ3v) is 5.58. The number of carboxylic acids is 1. The van der Waals surface area contributed by atoms with Crippen molar-refractivity contribution in [3.8, 4) is 0 Å². The molecule has 0 spiro atoms. The Morgan fingerprint density at radius 2 is 2.25 bits per heavy atom. The van der Waals surface area contributed by atoms with Crippen molar-refractivity contribution in [3.63, 3.8) is 0 Å². The fourth-order valence-corrected chi connectivity index (χ4v) is 4.47. The first kappa shape index (κ1) is 15.3. The zero-order chi connectivity index (χ0) is 14.7. The van der Waals surface area contributed by atoms with Crippen LogP contribution in [0.5, 0.6) is 0 Å². The van der Waals surface area contributed by atoms with Crippen LogP contribution in [0.25, 0.3) is 0 Å². The van der Waals surface area contributed by atoms with Crippen LogP contribution in [0.15, 0.2) is 0 Å². The molecule has 2 atom stereocenters. The molecule has 0 amide bonds. The SMILES string of the molecule is CCSC1CCC(Nc2nc(C(=O)O)c(C(C)=O)s2)C1. The third kappa shape index (κ3) is 3.52. The maximum atomic E-state index is 11.4. The predicted molar refractivity (Wildman–Crippen MR) is 82.3 cm³/mol. The summed E-state index contributed by atoms with van der Waals surface area (Å²) in [4.78, 5) is 26.8. The maximum Gasteiger partial charge on any atom is 0.356 e. The molecule has 7 heteroatoms. The highest BCUT2D eigenvalue weighted by Crippen LogP contribution is 2.33. The largest absolute Gasteiger partial charge is 0.476 e. The smallest absolute Gasteiger partial charge is 0.356 e. The van der Waals surface area contributed by atoms with Gasteiger partial charge in [-0.25, -0.2) is 9.78 Å². The second-order valence-corrected chi connectivity index (χ2v) is 7.37. The number of thioether (sulfide) groups is 1. The normalized spacial score (nSPS) is 21.9. The van der Waals surface area contributed by atoms with Crippen molar-refractivity contribution >= 4 is 40.0 Å². The number of nitrogens with one attached hydrogen (secondary N) is 1. The molecule has 1 aromatic rings. The molecule has 1 fully saturated rings. The van der Waals surface area contributed by atoms with Crippen molar-refractivity contribution in [2.24, 2.45) is 0 Å². The van der Waals surface area contributed by atoms with Crippen LogP contribution in [0.4, 0.5) is 5.13 Å². The lowest BCUT2D eigenvalue weighted by Gasteiger charge is -2.11. The number of nitrogens with zero attached hydrogens (tertiary/aromatic N) is 1. The molecule has 110 valence electrons. The Kier molecular flexibility index (Phi) is 5.04. The molecule has 1 saturated carbocycles. The molecule has 2 rings (SSSR count). The van der Waals surface area contributed by atoms with Crippen molar-refractivity contribution in [1.82, 2.24) is 4.98 Å². The highest BCUT2D eigenvalue weighted by atomic mass is 32.2. The van der Waals surface area contributed by atoms with E-state index in [0.29, 0.717) is 16.4 Å². The Morgan fingerprint density at radius 1 is 1.50 bits per heavy atom. The molecule has 1 aliphatic carbocycles. The first-order valence-electron chi connectivity index (χ1n) is 6.64. The van der Waals surface area contributed by atoms with Gasteiger partial charge in [0.05, 0.1) is 0 Å². The summed E-state index contributed by atoms with van der Waals surface area (Å²) in [7, 11) is 0. The van der Waals surface area contributed by atoms with Gasteiger partial charge in [0, 0.05) is 18.2 Å². The highest BCUT2D eigenvalue weighted by Gasteiger charge is 2.27. The van der Waals surface area contributed by atoms with Crippen LogP contribution in [0.2, 0.25) is 0 Å². The molecule has 5 nitrogen and oxygen atoms in total. The number of carbonyl (C=O) groups excluding carboxylic acids is 1. The summed E-state index contributed by atoms with van der Waals surface area (Å²) in [5, 5.41) is 13.6. The Labute approximate surface area is 126 Å². The van der Waals surface area contributed by atoms with Crippen molar-refractivity contribution < 1.29 is 14.7 Å². The molecule has 0 radical (unpaired) electrons. The van der Waals surface area contributed by atoms with E-state index < -0.39 is 5.97 Å². The van der Waals surface area contributed by atoms with Gasteiger partial charge in [-0.15, -0.1) is 0 Å². The van der Waals surface area contributed by atoms with Crippen LogP contribution in [0.1, 0.15) is 53.3 Å². The van der Waals surface area contributed by atoms with Crippen molar-refractivity contribution in [3.05, 3.63) is 10.6 Å². The molecule has 0 saturated heterocycles. The number of carbonyl (C=O) groups is 2. The number of aromatic carboxylic acids is 1. The minimum absolute atomic E-state index is 0.137. The van der Waals surface area contributed by atoms with Gasteiger partial charge in [0.1, 0.15) is 4.88 Å². The van der Waals surface area contributed by atoms with Crippen LogP contribution in [-0.2, 0) is 0 Å². The molecule has 0 aliphatic heterocycles. The fraction of sp³-hybridized carbons (Fsp3) is 0.615. The van der Waals surface area contributed by atoms with Crippen LogP contribution < -0.4 is 5.32 Å². The van der Waals surface area contributed by atoms with E-state index in [9.17, 15) is 9.59 Å². The number of rotatable bonds is 6. The number of hydrogen-bond acceptors (Lipinski definition) is 6. The van der Waals surface area contributed by atoms with E-state index in [2.05, 4.69) is 17.2 Å². The van der Waals surface area contributed by atoms with E-state index in [4.69, 9.17) is 5.11 Å². The quantitative estimate of drug-likeness (QED) is 0.785. The van der Waals surface area contributed by atoms with Gasteiger partial charge >= 0.3 is 5.97 Å². The lowest BCUT2D eigenvalue weighted by molar-refractivity contribution is 0.0687. The van der Waals surface area contributed by atoms with Crippen LogP contribution in [0.3, 0.4) is 0 Å². The third-order valence-electron chi connectivity index (χ3n) is 3.26. The number of anilines is 1. The van der Waals surface area contributed by atoms with Gasteiger partial charge in [0.15, 0.2) is 16.6 Å². The summed E-state index contributed by atoms with van der Waals surface area (Å²) in [6.07, 6.45) is 3.30. The van der Waals surface area contributed by atoms with E-state index in [0.717, 1.165) is 29.9 Å². The van der Waals surface area contributed by atoms with Gasteiger partial charge in [-0.1, -0.05) is 18.3 Å². The van der Waals surface area contributed by atoms with E-state index in [1.807, 2.05) is 11.8 Å². The maximum absolute atomic E-state index is 11.4. The van der Waals surface area contributed by atoms with Crippen molar-refractivity contribution in [2.45, 2.75) is 44.4 Å². The number of hydrogen-bond donors (Lipinski definition) is 2. The summed E-state index contributed by atoms with van der Waals surface area (Å²) in [5.74, 6) is -0.282. The number of Topliss-reactive ketones (excluding diaryl/α,β-unsaturated/α-hetero) is 1. The van der Waals surface area contributed by atoms with Gasteiger partial charge in [0.25, 0.3) is 0 Å². The summed E-state index contributed by atoms with van der Waals surface area (Å²) >= 11 is 3.10. The lowest BCUT2D eigenvalue weighted by Crippen LogP contribution is -2.16. The highest BCUT2D eigenvalue weighted by molar-refractivity contribution is 7.99. The van der Waals surface area contributed by atoms with Crippen LogP contribution in [-0.4, -0.2) is 38.9 Å². The van der Waals surface area contributed by atoms with Crippen molar-refractivity contribution in [1.29, 1.82) is 0 Å². The summed E-state index contributed by atoms with van der Waals surface area (Å²) in [6.45, 7) is 3.53. The monoisotopic (exact) mass is 314 g/mol. The minimum atomic E-state index is -1.15. The van der Waals surface area contributed by atoms with Crippen LogP contribution >= 0.6 is 23.1 Å². The molecule has 2 unspecified atom stereocenters. The molecule has 1 aromatic heterocycles. The first-order chi connectivity index (χ1) is 9.51. The summed E-state index contributed by atoms with van der Waals surface area (Å²) in [6, 6.07) is 0.326. The fourth-order valence-electron chi connectivity index (χ4n) is 2.40. The molecule has 0 bridgehead atoms. The first-order valence-corrected chi connectivity index (χ1v) is 8.51. The molecular formula is C13H18N2O3S2. The zero-order valence-corrected chi connectivity index (χ0v) is 13.1. The Bertz CT molecular complexity index is 484. The molecule has 0 aromatic carbocycles. The van der Waals surface area contributed by atoms with Crippen molar-refractivity contribution in [2.75, 3.05) is 11.1 Å². The predicted octanol–water partition coefficient (Wildman–Crippen LogP) is 3.13. The standard InChI is InChI=1S/C13H18N2O3S2/c1-3-19-9-5-4-8(6-9)14-13-15-10(12(17)18)11(20-13)7(2)16/h8-9H,3-6H2,1-2H3,(H,14,15)(H,17,18).